The fourth-order valence-corrected chi connectivity index (χ4v) is 4.80. The Morgan fingerprint density at radius 2 is 2.17 bits per heavy atom. The number of ether oxygens (including phenoxy) is 1. The quantitative estimate of drug-likeness (QED) is 0.751. The van der Waals surface area contributed by atoms with Crippen molar-refractivity contribution < 1.29 is 9.84 Å². The van der Waals surface area contributed by atoms with E-state index in [1.54, 1.807) is 18.4 Å². The molecule has 0 aliphatic carbocycles. The number of nitrogens with one attached hydrogen (secondary N) is 1. The van der Waals surface area contributed by atoms with Crippen molar-refractivity contribution in [2.45, 2.75) is 50.2 Å². The Labute approximate surface area is 142 Å². The van der Waals surface area contributed by atoms with Crippen LogP contribution in [-0.2, 0) is 10.3 Å². The van der Waals surface area contributed by atoms with E-state index >= 15 is 0 Å². The molecule has 2 atom stereocenters. The number of methoxy groups -OCH3 is 1. The zero-order valence-electron chi connectivity index (χ0n) is 13.9. The molecular formula is C19H27NO2S. The van der Waals surface area contributed by atoms with Gasteiger partial charge in [-0.3, -0.25) is 0 Å². The van der Waals surface area contributed by atoms with E-state index in [0.29, 0.717) is 0 Å². The van der Waals surface area contributed by atoms with E-state index in [9.17, 15) is 5.11 Å². The summed E-state index contributed by atoms with van der Waals surface area (Å²) in [6.07, 6.45) is 6.23. The van der Waals surface area contributed by atoms with E-state index in [4.69, 9.17) is 4.74 Å². The van der Waals surface area contributed by atoms with E-state index in [1.807, 2.05) is 0 Å². The molecule has 4 heteroatoms. The molecule has 2 heterocycles. The van der Waals surface area contributed by atoms with Gasteiger partial charge < -0.3 is 15.2 Å². The molecule has 1 aliphatic heterocycles. The second kappa shape index (κ2) is 7.75. The normalized spacial score (nSPS) is 21.4. The summed E-state index contributed by atoms with van der Waals surface area (Å²) < 4.78 is 6.42. The van der Waals surface area contributed by atoms with Crippen LogP contribution in [0, 0.1) is 0 Å². The molecule has 0 bridgehead atoms. The minimum Gasteiger partial charge on any atom is -0.385 e. The Balaban J connectivity index is 1.86. The average molecular weight is 333 g/mol. The van der Waals surface area contributed by atoms with Crippen molar-refractivity contribution in [3.63, 3.8) is 0 Å². The van der Waals surface area contributed by atoms with Crippen LogP contribution in [0.3, 0.4) is 0 Å². The number of benzene rings is 1. The second-order valence-corrected chi connectivity index (χ2v) is 7.61. The van der Waals surface area contributed by atoms with Gasteiger partial charge in [0.05, 0.1) is 0 Å². The molecule has 1 fully saturated rings. The lowest BCUT2D eigenvalue weighted by atomic mass is 9.82. The van der Waals surface area contributed by atoms with Gasteiger partial charge >= 0.3 is 0 Å². The molecule has 0 radical (unpaired) electrons. The molecule has 2 N–H and O–H groups in total. The number of aliphatic hydroxyl groups is 1. The van der Waals surface area contributed by atoms with Crippen LogP contribution in [0.25, 0.3) is 10.1 Å². The van der Waals surface area contributed by atoms with Crippen molar-refractivity contribution in [1.29, 1.82) is 0 Å². The molecule has 1 unspecified atom stereocenters. The van der Waals surface area contributed by atoms with E-state index < -0.39 is 5.60 Å². The van der Waals surface area contributed by atoms with Crippen molar-refractivity contribution in [2.75, 3.05) is 20.3 Å². The molecule has 126 valence electrons. The third kappa shape index (κ3) is 3.77. The summed E-state index contributed by atoms with van der Waals surface area (Å²) in [5.41, 5.74) is -0.766. The average Bonchev–Trinajstić information content (AvgIpc) is 3.04. The summed E-state index contributed by atoms with van der Waals surface area (Å²) in [5, 5.41) is 16.4. The van der Waals surface area contributed by atoms with E-state index in [-0.39, 0.29) is 6.04 Å². The maximum Gasteiger partial charge on any atom is 0.114 e. The van der Waals surface area contributed by atoms with Crippen LogP contribution in [0.1, 0.15) is 43.4 Å². The van der Waals surface area contributed by atoms with Gasteiger partial charge in [0, 0.05) is 29.3 Å². The fraction of sp³-hybridized carbons (Fsp3) is 0.579. The van der Waals surface area contributed by atoms with Gasteiger partial charge in [-0.05, 0) is 56.2 Å². The molecule has 0 amide bonds. The van der Waals surface area contributed by atoms with Gasteiger partial charge in [-0.15, -0.1) is 11.3 Å². The van der Waals surface area contributed by atoms with Crippen molar-refractivity contribution >= 4 is 21.4 Å². The molecule has 3 nitrogen and oxygen atoms in total. The lowest BCUT2D eigenvalue weighted by Gasteiger charge is -2.38. The third-order valence-electron chi connectivity index (χ3n) is 4.90. The first-order valence-corrected chi connectivity index (χ1v) is 9.49. The summed E-state index contributed by atoms with van der Waals surface area (Å²) in [6, 6.07) is 10.8. The number of unbranched alkanes of at least 4 members (excludes halogenated alkanes) is 1. The molecule has 0 saturated carbocycles. The highest BCUT2D eigenvalue weighted by Crippen LogP contribution is 2.40. The number of rotatable bonds is 7. The molecule has 3 rings (SSSR count). The lowest BCUT2D eigenvalue weighted by molar-refractivity contribution is -0.0198. The first-order chi connectivity index (χ1) is 11.2. The zero-order valence-corrected chi connectivity index (χ0v) is 14.7. The monoisotopic (exact) mass is 333 g/mol. The molecule has 2 aromatic rings. The van der Waals surface area contributed by atoms with Gasteiger partial charge in [-0.1, -0.05) is 24.6 Å². The van der Waals surface area contributed by atoms with Crippen LogP contribution in [0.2, 0.25) is 0 Å². The summed E-state index contributed by atoms with van der Waals surface area (Å²) in [6.45, 7) is 1.77. The van der Waals surface area contributed by atoms with Gasteiger partial charge in [-0.25, -0.2) is 0 Å². The Bertz CT molecular complexity index is 588. The minimum absolute atomic E-state index is 0.159. The number of hydrogen-bond donors (Lipinski definition) is 2. The summed E-state index contributed by atoms with van der Waals surface area (Å²) in [5.74, 6) is 0. The van der Waals surface area contributed by atoms with Crippen LogP contribution in [0.4, 0.5) is 0 Å². The highest BCUT2D eigenvalue weighted by Gasteiger charge is 2.39. The molecule has 1 aromatic heterocycles. The van der Waals surface area contributed by atoms with Crippen LogP contribution in [0.15, 0.2) is 30.3 Å². The van der Waals surface area contributed by atoms with Crippen LogP contribution in [0.5, 0.6) is 0 Å². The third-order valence-corrected chi connectivity index (χ3v) is 6.18. The molecule has 1 aromatic carbocycles. The number of fused-ring (bicyclic) bond motifs is 1. The van der Waals surface area contributed by atoms with Crippen LogP contribution < -0.4 is 5.32 Å². The van der Waals surface area contributed by atoms with Gasteiger partial charge in [0.1, 0.15) is 5.60 Å². The van der Waals surface area contributed by atoms with Crippen LogP contribution >= 0.6 is 11.3 Å². The predicted octanol–water partition coefficient (Wildman–Crippen LogP) is 4.05. The highest BCUT2D eigenvalue weighted by molar-refractivity contribution is 7.19. The first kappa shape index (κ1) is 16.9. The van der Waals surface area contributed by atoms with Gasteiger partial charge in [0.15, 0.2) is 0 Å². The van der Waals surface area contributed by atoms with Crippen molar-refractivity contribution in [2.24, 2.45) is 0 Å². The molecule has 1 saturated heterocycles. The van der Waals surface area contributed by atoms with Gasteiger partial charge in [0.2, 0.25) is 0 Å². The Morgan fingerprint density at radius 1 is 1.30 bits per heavy atom. The Hall–Kier alpha value is -0.940. The largest absolute Gasteiger partial charge is 0.385 e. The Morgan fingerprint density at radius 3 is 2.91 bits per heavy atom. The van der Waals surface area contributed by atoms with E-state index in [2.05, 4.69) is 35.6 Å². The minimum atomic E-state index is -0.766. The number of hydrogen-bond acceptors (Lipinski definition) is 4. The summed E-state index contributed by atoms with van der Waals surface area (Å²) in [7, 11) is 1.74. The van der Waals surface area contributed by atoms with E-state index in [0.717, 1.165) is 43.7 Å². The smallest absolute Gasteiger partial charge is 0.114 e. The number of piperidine rings is 1. The Kier molecular flexibility index (Phi) is 5.70. The maximum atomic E-state index is 11.6. The molecular weight excluding hydrogens is 306 g/mol. The van der Waals surface area contributed by atoms with Gasteiger partial charge in [-0.2, -0.15) is 0 Å². The molecule has 1 aliphatic rings. The highest BCUT2D eigenvalue weighted by atomic mass is 32.1. The summed E-state index contributed by atoms with van der Waals surface area (Å²) in [4.78, 5) is 1.11. The topological polar surface area (TPSA) is 41.5 Å². The lowest BCUT2D eigenvalue weighted by Crippen LogP contribution is -2.50. The number of thiophene rings is 1. The summed E-state index contributed by atoms with van der Waals surface area (Å²) >= 11 is 1.74. The fourth-order valence-electron chi connectivity index (χ4n) is 3.56. The SMILES string of the molecule is COCCCC[C@@](O)(c1cc2ccccc2s1)C1CCCCN1. The predicted molar refractivity (Wildman–Crippen MR) is 97.1 cm³/mol. The van der Waals surface area contributed by atoms with Gasteiger partial charge in [0.25, 0.3) is 0 Å². The molecule has 23 heavy (non-hydrogen) atoms. The standard InChI is InChI=1S/C19H27NO2S/c1-22-13-7-5-11-19(21,17-10-4-6-12-20-17)18-14-15-8-2-3-9-16(15)23-18/h2-3,8-9,14,17,20-21H,4-7,10-13H2,1H3/t17?,19-/m0/s1. The second-order valence-electron chi connectivity index (χ2n) is 6.53. The van der Waals surface area contributed by atoms with E-state index in [1.165, 1.54) is 22.9 Å². The van der Waals surface area contributed by atoms with Crippen molar-refractivity contribution in [3.8, 4) is 0 Å². The van der Waals surface area contributed by atoms with Crippen molar-refractivity contribution in [1.82, 2.24) is 5.32 Å². The zero-order chi connectivity index (χ0) is 16.1. The van der Waals surface area contributed by atoms with Crippen LogP contribution in [-0.4, -0.2) is 31.4 Å². The maximum absolute atomic E-state index is 11.6. The molecule has 0 spiro atoms. The first-order valence-electron chi connectivity index (χ1n) is 8.68. The van der Waals surface area contributed by atoms with Crippen molar-refractivity contribution in [3.05, 3.63) is 35.2 Å².